The molecule has 142 valence electrons. The van der Waals surface area contributed by atoms with E-state index in [9.17, 15) is 0 Å². The number of guanidine groups is 1. The number of nitrogens with zero attached hydrogens (tertiary/aromatic N) is 3. The lowest BCUT2D eigenvalue weighted by Gasteiger charge is -2.14. The Hall–Kier alpha value is -1.83. The number of aromatic nitrogens is 1. The lowest BCUT2D eigenvalue weighted by atomic mass is 10.1. The average molecular weight is 467 g/mol. The Kier molecular flexibility index (Phi) is 10.0. The van der Waals surface area contributed by atoms with Crippen LogP contribution in [0.4, 0.5) is 5.82 Å². The van der Waals surface area contributed by atoms with Gasteiger partial charge in [-0.25, -0.2) is 9.98 Å². The number of benzene rings is 1. The van der Waals surface area contributed by atoms with Crippen molar-refractivity contribution in [2.24, 2.45) is 4.99 Å². The first-order valence-electron chi connectivity index (χ1n) is 8.86. The van der Waals surface area contributed by atoms with Crippen molar-refractivity contribution in [2.75, 3.05) is 25.5 Å². The highest BCUT2D eigenvalue weighted by Crippen LogP contribution is 2.11. The Bertz CT molecular complexity index is 700. The summed E-state index contributed by atoms with van der Waals surface area (Å²) in [4.78, 5) is 11.4. The molecule has 0 saturated heterocycles. The maximum atomic E-state index is 4.72. The SMILES string of the molecule is CCNC(=NCc1ccccc1CC)NCc1cccc(N(C)C)n1.I. The van der Waals surface area contributed by atoms with Crippen molar-refractivity contribution < 1.29 is 0 Å². The summed E-state index contributed by atoms with van der Waals surface area (Å²) in [7, 11) is 3.99. The number of rotatable bonds is 7. The molecule has 5 nitrogen and oxygen atoms in total. The van der Waals surface area contributed by atoms with Crippen LogP contribution in [-0.2, 0) is 19.5 Å². The topological polar surface area (TPSA) is 52.6 Å². The highest BCUT2D eigenvalue weighted by atomic mass is 127. The van der Waals surface area contributed by atoms with Gasteiger partial charge in [0, 0.05) is 20.6 Å². The van der Waals surface area contributed by atoms with Gasteiger partial charge in [-0.05, 0) is 36.6 Å². The minimum absolute atomic E-state index is 0. The summed E-state index contributed by atoms with van der Waals surface area (Å²) < 4.78 is 0. The highest BCUT2D eigenvalue weighted by Gasteiger charge is 2.03. The molecule has 0 aliphatic heterocycles. The molecule has 26 heavy (non-hydrogen) atoms. The Balaban J connectivity index is 0.00000338. The van der Waals surface area contributed by atoms with E-state index in [4.69, 9.17) is 4.99 Å². The Labute approximate surface area is 174 Å². The fourth-order valence-corrected chi connectivity index (χ4v) is 2.55. The summed E-state index contributed by atoms with van der Waals surface area (Å²) in [6.07, 6.45) is 1.02. The summed E-state index contributed by atoms with van der Waals surface area (Å²) in [6.45, 7) is 6.39. The van der Waals surface area contributed by atoms with Crippen molar-refractivity contribution in [2.45, 2.75) is 33.4 Å². The van der Waals surface area contributed by atoms with E-state index in [-0.39, 0.29) is 24.0 Å². The summed E-state index contributed by atoms with van der Waals surface area (Å²) in [5, 5.41) is 6.67. The van der Waals surface area contributed by atoms with Crippen LogP contribution in [0.3, 0.4) is 0 Å². The van der Waals surface area contributed by atoms with Crippen LogP contribution in [0, 0.1) is 0 Å². The molecule has 6 heteroatoms. The Morgan fingerprint density at radius 2 is 1.73 bits per heavy atom. The van der Waals surface area contributed by atoms with E-state index in [1.165, 1.54) is 11.1 Å². The van der Waals surface area contributed by atoms with Gasteiger partial charge in [0.25, 0.3) is 0 Å². The molecule has 1 heterocycles. The quantitative estimate of drug-likeness (QED) is 0.372. The van der Waals surface area contributed by atoms with E-state index in [1.54, 1.807) is 0 Å². The van der Waals surface area contributed by atoms with Gasteiger partial charge in [0.1, 0.15) is 5.82 Å². The average Bonchev–Trinajstić information content (AvgIpc) is 2.64. The van der Waals surface area contributed by atoms with Gasteiger partial charge in [-0.1, -0.05) is 37.3 Å². The maximum absolute atomic E-state index is 4.72. The monoisotopic (exact) mass is 467 g/mol. The first kappa shape index (κ1) is 22.2. The number of nitrogens with one attached hydrogen (secondary N) is 2. The minimum Gasteiger partial charge on any atom is -0.363 e. The van der Waals surface area contributed by atoms with Gasteiger partial charge in [-0.15, -0.1) is 24.0 Å². The van der Waals surface area contributed by atoms with Gasteiger partial charge in [0.05, 0.1) is 18.8 Å². The summed E-state index contributed by atoms with van der Waals surface area (Å²) >= 11 is 0. The Morgan fingerprint density at radius 1 is 1.00 bits per heavy atom. The van der Waals surface area contributed by atoms with Crippen LogP contribution in [0.5, 0.6) is 0 Å². The standard InChI is InChI=1S/C20H29N5.HI/c1-5-16-10-7-8-11-17(16)14-22-20(21-6-2)23-15-18-12-9-13-19(24-18)25(3)4;/h7-13H,5-6,14-15H2,1-4H3,(H2,21,22,23);1H. The van der Waals surface area contributed by atoms with Crippen LogP contribution in [0.2, 0.25) is 0 Å². The molecule has 0 fully saturated rings. The van der Waals surface area contributed by atoms with Crippen molar-refractivity contribution in [3.8, 4) is 0 Å². The minimum atomic E-state index is 0. The van der Waals surface area contributed by atoms with Gasteiger partial charge in [0.2, 0.25) is 0 Å². The van der Waals surface area contributed by atoms with E-state index in [0.717, 1.165) is 30.4 Å². The van der Waals surface area contributed by atoms with Crippen molar-refractivity contribution in [3.63, 3.8) is 0 Å². The number of aliphatic imine (C=N–C) groups is 1. The molecule has 2 N–H and O–H groups in total. The van der Waals surface area contributed by atoms with Crippen molar-refractivity contribution in [1.29, 1.82) is 0 Å². The first-order chi connectivity index (χ1) is 12.1. The van der Waals surface area contributed by atoms with Crippen LogP contribution in [-0.4, -0.2) is 31.6 Å². The van der Waals surface area contributed by atoms with E-state index in [2.05, 4.69) is 53.7 Å². The summed E-state index contributed by atoms with van der Waals surface area (Å²) in [6, 6.07) is 14.5. The normalized spacial score (nSPS) is 10.8. The van der Waals surface area contributed by atoms with Gasteiger partial charge < -0.3 is 15.5 Å². The maximum Gasteiger partial charge on any atom is 0.191 e. The van der Waals surface area contributed by atoms with Crippen LogP contribution >= 0.6 is 24.0 Å². The zero-order valence-electron chi connectivity index (χ0n) is 16.1. The molecular weight excluding hydrogens is 437 g/mol. The number of hydrogen-bond donors (Lipinski definition) is 2. The molecular formula is C20H30IN5. The van der Waals surface area contributed by atoms with Crippen molar-refractivity contribution in [3.05, 3.63) is 59.3 Å². The number of anilines is 1. The van der Waals surface area contributed by atoms with E-state index >= 15 is 0 Å². The molecule has 0 bridgehead atoms. The zero-order valence-corrected chi connectivity index (χ0v) is 18.5. The second-order valence-electron chi connectivity index (χ2n) is 6.05. The molecule has 0 amide bonds. The van der Waals surface area contributed by atoms with Crippen LogP contribution < -0.4 is 15.5 Å². The van der Waals surface area contributed by atoms with Crippen LogP contribution in [0.1, 0.15) is 30.7 Å². The molecule has 1 aromatic heterocycles. The third kappa shape index (κ3) is 6.82. The fourth-order valence-electron chi connectivity index (χ4n) is 2.55. The van der Waals surface area contributed by atoms with Gasteiger partial charge in [-0.2, -0.15) is 0 Å². The lowest BCUT2D eigenvalue weighted by molar-refractivity contribution is 0.796. The fraction of sp³-hybridized carbons (Fsp3) is 0.400. The second-order valence-corrected chi connectivity index (χ2v) is 6.05. The van der Waals surface area contributed by atoms with E-state index in [0.29, 0.717) is 13.1 Å². The summed E-state index contributed by atoms with van der Waals surface area (Å²) in [5.74, 6) is 1.77. The molecule has 0 radical (unpaired) electrons. The third-order valence-corrected chi connectivity index (χ3v) is 3.94. The molecule has 0 atom stereocenters. The molecule has 0 aliphatic rings. The predicted octanol–water partition coefficient (Wildman–Crippen LogP) is 3.58. The largest absolute Gasteiger partial charge is 0.363 e. The number of pyridine rings is 1. The van der Waals surface area contributed by atoms with Gasteiger partial charge in [-0.3, -0.25) is 0 Å². The number of hydrogen-bond acceptors (Lipinski definition) is 3. The van der Waals surface area contributed by atoms with Crippen molar-refractivity contribution >= 4 is 35.8 Å². The molecule has 0 saturated carbocycles. The molecule has 0 spiro atoms. The van der Waals surface area contributed by atoms with Gasteiger partial charge >= 0.3 is 0 Å². The first-order valence-corrected chi connectivity index (χ1v) is 8.86. The zero-order chi connectivity index (χ0) is 18.1. The van der Waals surface area contributed by atoms with Crippen molar-refractivity contribution in [1.82, 2.24) is 15.6 Å². The number of halogens is 1. The molecule has 2 aromatic rings. The lowest BCUT2D eigenvalue weighted by Crippen LogP contribution is -2.37. The molecule has 1 aromatic carbocycles. The molecule has 2 rings (SSSR count). The smallest absolute Gasteiger partial charge is 0.191 e. The highest BCUT2D eigenvalue weighted by molar-refractivity contribution is 14.0. The van der Waals surface area contributed by atoms with E-state index in [1.807, 2.05) is 37.2 Å². The van der Waals surface area contributed by atoms with E-state index < -0.39 is 0 Å². The molecule has 0 aliphatic carbocycles. The van der Waals surface area contributed by atoms with Crippen LogP contribution in [0.25, 0.3) is 0 Å². The predicted molar refractivity (Wildman–Crippen MR) is 121 cm³/mol. The van der Waals surface area contributed by atoms with Crippen LogP contribution in [0.15, 0.2) is 47.5 Å². The summed E-state index contributed by atoms with van der Waals surface area (Å²) in [5.41, 5.74) is 3.61. The third-order valence-electron chi connectivity index (χ3n) is 3.94. The Morgan fingerprint density at radius 3 is 2.38 bits per heavy atom. The second kappa shape index (κ2) is 11.7. The molecule has 0 unspecified atom stereocenters. The van der Waals surface area contributed by atoms with Gasteiger partial charge in [0.15, 0.2) is 5.96 Å². The number of aryl methyl sites for hydroxylation is 1.